The lowest BCUT2D eigenvalue weighted by Crippen LogP contribution is -2.29. The fourth-order valence-corrected chi connectivity index (χ4v) is 2.40. The van der Waals surface area contributed by atoms with Crippen LogP contribution in [0.25, 0.3) is 0 Å². The van der Waals surface area contributed by atoms with E-state index in [1.807, 2.05) is 11.0 Å². The van der Waals surface area contributed by atoms with E-state index >= 15 is 0 Å². The number of anilines is 1. The Morgan fingerprint density at radius 1 is 1.56 bits per heavy atom. The maximum absolute atomic E-state index is 12.2. The van der Waals surface area contributed by atoms with Gasteiger partial charge in [0.1, 0.15) is 0 Å². The number of hydrogen-bond acceptors (Lipinski definition) is 2. The lowest BCUT2D eigenvalue weighted by molar-refractivity contribution is 0.0789. The highest BCUT2D eigenvalue weighted by molar-refractivity contribution is 9.10. The van der Waals surface area contributed by atoms with Crippen molar-refractivity contribution in [2.24, 2.45) is 5.92 Å². The van der Waals surface area contributed by atoms with Crippen molar-refractivity contribution < 1.29 is 4.79 Å². The topological polar surface area (TPSA) is 46.3 Å². The number of rotatable bonds is 1. The first-order valence-electron chi connectivity index (χ1n) is 5.42. The van der Waals surface area contributed by atoms with Gasteiger partial charge in [-0.25, -0.2) is 0 Å². The van der Waals surface area contributed by atoms with Crippen LogP contribution in [0.15, 0.2) is 22.7 Å². The Balaban J connectivity index is 2.21. The van der Waals surface area contributed by atoms with Gasteiger partial charge in [-0.05, 0) is 30.5 Å². The van der Waals surface area contributed by atoms with E-state index in [0.29, 0.717) is 17.2 Å². The van der Waals surface area contributed by atoms with Gasteiger partial charge in [0, 0.05) is 23.2 Å². The van der Waals surface area contributed by atoms with Gasteiger partial charge in [0.15, 0.2) is 0 Å². The van der Waals surface area contributed by atoms with Gasteiger partial charge in [-0.3, -0.25) is 4.79 Å². The molecule has 0 spiro atoms. The fraction of sp³-hybridized carbons (Fsp3) is 0.417. The van der Waals surface area contributed by atoms with Gasteiger partial charge < -0.3 is 10.6 Å². The van der Waals surface area contributed by atoms with Crippen LogP contribution in [0.4, 0.5) is 5.69 Å². The fourth-order valence-electron chi connectivity index (χ4n) is 2.02. The average molecular weight is 283 g/mol. The molecule has 1 heterocycles. The SMILES string of the molecule is CC1CCN(C(=O)c2ccc(Br)cc2N)C1. The summed E-state index contributed by atoms with van der Waals surface area (Å²) < 4.78 is 0.899. The molecule has 0 saturated carbocycles. The van der Waals surface area contributed by atoms with Crippen LogP contribution in [-0.4, -0.2) is 23.9 Å². The smallest absolute Gasteiger partial charge is 0.255 e. The normalized spacial score (nSPS) is 20.1. The van der Waals surface area contributed by atoms with Crippen molar-refractivity contribution >= 4 is 27.5 Å². The van der Waals surface area contributed by atoms with Crippen LogP contribution in [0.5, 0.6) is 0 Å². The molecule has 3 nitrogen and oxygen atoms in total. The van der Waals surface area contributed by atoms with E-state index in [0.717, 1.165) is 24.0 Å². The Morgan fingerprint density at radius 3 is 2.88 bits per heavy atom. The molecular weight excluding hydrogens is 268 g/mol. The number of amides is 1. The highest BCUT2D eigenvalue weighted by Crippen LogP contribution is 2.23. The highest BCUT2D eigenvalue weighted by Gasteiger charge is 2.25. The molecule has 1 aliphatic rings. The van der Waals surface area contributed by atoms with E-state index in [1.165, 1.54) is 0 Å². The van der Waals surface area contributed by atoms with Crippen LogP contribution < -0.4 is 5.73 Å². The van der Waals surface area contributed by atoms with E-state index < -0.39 is 0 Å². The number of nitrogens with zero attached hydrogens (tertiary/aromatic N) is 1. The van der Waals surface area contributed by atoms with E-state index in [4.69, 9.17) is 5.73 Å². The third-order valence-corrected chi connectivity index (χ3v) is 3.45. The number of benzene rings is 1. The molecule has 1 fully saturated rings. The molecule has 1 aromatic carbocycles. The average Bonchev–Trinajstić information content (AvgIpc) is 2.64. The number of halogens is 1. The standard InChI is InChI=1S/C12H15BrN2O/c1-8-4-5-15(7-8)12(16)10-3-2-9(13)6-11(10)14/h2-3,6,8H,4-5,7,14H2,1H3. The van der Waals surface area contributed by atoms with Crippen molar-refractivity contribution in [1.82, 2.24) is 4.90 Å². The second-order valence-electron chi connectivity index (χ2n) is 4.38. The Labute approximate surface area is 104 Å². The molecule has 4 heteroatoms. The predicted molar refractivity (Wildman–Crippen MR) is 68.2 cm³/mol. The molecule has 0 bridgehead atoms. The number of hydrogen-bond donors (Lipinski definition) is 1. The summed E-state index contributed by atoms with van der Waals surface area (Å²) in [6.07, 6.45) is 1.09. The molecule has 16 heavy (non-hydrogen) atoms. The number of likely N-dealkylation sites (tertiary alicyclic amines) is 1. The summed E-state index contributed by atoms with van der Waals surface area (Å²) in [6.45, 7) is 3.85. The summed E-state index contributed by atoms with van der Waals surface area (Å²) >= 11 is 3.33. The summed E-state index contributed by atoms with van der Waals surface area (Å²) in [6, 6.07) is 5.40. The molecule has 0 radical (unpaired) electrons. The van der Waals surface area contributed by atoms with Gasteiger partial charge in [-0.15, -0.1) is 0 Å². The molecule has 1 atom stereocenters. The van der Waals surface area contributed by atoms with Crippen molar-refractivity contribution in [2.75, 3.05) is 18.8 Å². The predicted octanol–water partition coefficient (Wildman–Crippen LogP) is 2.51. The molecule has 0 aliphatic carbocycles. The van der Waals surface area contributed by atoms with Crippen LogP contribution in [0.2, 0.25) is 0 Å². The second kappa shape index (κ2) is 4.45. The van der Waals surface area contributed by atoms with E-state index in [1.54, 1.807) is 12.1 Å². The number of nitrogens with two attached hydrogens (primary N) is 1. The van der Waals surface area contributed by atoms with Crippen LogP contribution in [0.1, 0.15) is 23.7 Å². The van der Waals surface area contributed by atoms with Crippen molar-refractivity contribution in [2.45, 2.75) is 13.3 Å². The van der Waals surface area contributed by atoms with Gasteiger partial charge in [-0.2, -0.15) is 0 Å². The number of carbonyl (C=O) groups is 1. The summed E-state index contributed by atoms with van der Waals surface area (Å²) in [5.41, 5.74) is 7.00. The minimum atomic E-state index is 0.0503. The molecule has 2 rings (SSSR count). The van der Waals surface area contributed by atoms with Crippen LogP contribution in [0, 0.1) is 5.92 Å². The zero-order chi connectivity index (χ0) is 11.7. The van der Waals surface area contributed by atoms with Crippen LogP contribution in [0.3, 0.4) is 0 Å². The van der Waals surface area contributed by atoms with Crippen LogP contribution in [-0.2, 0) is 0 Å². The summed E-state index contributed by atoms with van der Waals surface area (Å²) in [7, 11) is 0. The lowest BCUT2D eigenvalue weighted by atomic mass is 10.1. The zero-order valence-electron chi connectivity index (χ0n) is 9.24. The molecular formula is C12H15BrN2O. The first-order valence-corrected chi connectivity index (χ1v) is 6.21. The van der Waals surface area contributed by atoms with Gasteiger partial charge >= 0.3 is 0 Å². The monoisotopic (exact) mass is 282 g/mol. The Kier molecular flexibility index (Phi) is 3.19. The Hall–Kier alpha value is -1.03. The summed E-state index contributed by atoms with van der Waals surface area (Å²) in [5.74, 6) is 0.648. The van der Waals surface area contributed by atoms with Crippen molar-refractivity contribution in [3.05, 3.63) is 28.2 Å². The third-order valence-electron chi connectivity index (χ3n) is 2.96. The Morgan fingerprint density at radius 2 is 2.31 bits per heavy atom. The molecule has 1 saturated heterocycles. The minimum Gasteiger partial charge on any atom is -0.398 e. The first-order chi connectivity index (χ1) is 7.58. The van der Waals surface area contributed by atoms with E-state index in [-0.39, 0.29) is 5.91 Å². The number of carbonyl (C=O) groups excluding carboxylic acids is 1. The summed E-state index contributed by atoms with van der Waals surface area (Å²) in [4.78, 5) is 14.0. The molecule has 86 valence electrons. The largest absolute Gasteiger partial charge is 0.398 e. The van der Waals surface area contributed by atoms with Crippen molar-refractivity contribution in [3.8, 4) is 0 Å². The quantitative estimate of drug-likeness (QED) is 0.805. The van der Waals surface area contributed by atoms with Crippen molar-refractivity contribution in [1.29, 1.82) is 0 Å². The Bertz CT molecular complexity index is 419. The molecule has 2 N–H and O–H groups in total. The highest BCUT2D eigenvalue weighted by atomic mass is 79.9. The molecule has 1 amide bonds. The molecule has 1 aromatic rings. The second-order valence-corrected chi connectivity index (χ2v) is 5.29. The summed E-state index contributed by atoms with van der Waals surface area (Å²) in [5, 5.41) is 0. The van der Waals surface area contributed by atoms with E-state index in [9.17, 15) is 4.79 Å². The number of nitrogen functional groups attached to an aromatic ring is 1. The van der Waals surface area contributed by atoms with Gasteiger partial charge in [0.25, 0.3) is 5.91 Å². The minimum absolute atomic E-state index is 0.0503. The molecule has 1 unspecified atom stereocenters. The van der Waals surface area contributed by atoms with Gasteiger partial charge in [-0.1, -0.05) is 22.9 Å². The van der Waals surface area contributed by atoms with E-state index in [2.05, 4.69) is 22.9 Å². The van der Waals surface area contributed by atoms with Gasteiger partial charge in [0.2, 0.25) is 0 Å². The lowest BCUT2D eigenvalue weighted by Gasteiger charge is -2.17. The van der Waals surface area contributed by atoms with Gasteiger partial charge in [0.05, 0.1) is 5.56 Å². The van der Waals surface area contributed by atoms with Crippen LogP contribution >= 0.6 is 15.9 Å². The molecule has 0 aromatic heterocycles. The third kappa shape index (κ3) is 2.21. The maximum atomic E-state index is 12.2. The zero-order valence-corrected chi connectivity index (χ0v) is 10.8. The van der Waals surface area contributed by atoms with Crippen molar-refractivity contribution in [3.63, 3.8) is 0 Å². The molecule has 1 aliphatic heterocycles. The maximum Gasteiger partial charge on any atom is 0.255 e. The first kappa shape index (κ1) is 11.5.